The number of carbonyl (C=O) groups is 1. The zero-order valence-corrected chi connectivity index (χ0v) is 11.8. The number of phenols is 1. The summed E-state index contributed by atoms with van der Waals surface area (Å²) in [7, 11) is 0. The van der Waals surface area contributed by atoms with Crippen molar-refractivity contribution < 1.29 is 9.90 Å². The van der Waals surface area contributed by atoms with Gasteiger partial charge in [0.25, 0.3) is 5.91 Å². The highest BCUT2D eigenvalue weighted by molar-refractivity contribution is 6.11. The lowest BCUT2D eigenvalue weighted by atomic mass is 10.0. The molecule has 2 N–H and O–H groups in total. The van der Waals surface area contributed by atoms with Gasteiger partial charge in [0.1, 0.15) is 5.69 Å². The normalized spacial score (nSPS) is 10.4. The zero-order valence-electron chi connectivity index (χ0n) is 11.8. The van der Waals surface area contributed by atoms with Crippen LogP contribution >= 0.6 is 0 Å². The molecule has 0 unspecified atom stereocenters. The third kappa shape index (κ3) is 2.42. The first-order chi connectivity index (χ1) is 10.7. The van der Waals surface area contributed by atoms with E-state index in [1.54, 1.807) is 18.2 Å². The molecule has 0 saturated heterocycles. The van der Waals surface area contributed by atoms with Crippen LogP contribution in [0.2, 0.25) is 0 Å². The highest BCUT2D eigenvalue weighted by atomic mass is 16.3. The van der Waals surface area contributed by atoms with Crippen molar-refractivity contribution in [3.05, 3.63) is 66.2 Å². The van der Waals surface area contributed by atoms with Gasteiger partial charge in [0.05, 0.1) is 5.56 Å². The molecule has 0 aliphatic carbocycles. The van der Waals surface area contributed by atoms with E-state index in [2.05, 4.69) is 17.0 Å². The van der Waals surface area contributed by atoms with Crippen molar-refractivity contribution in [2.24, 2.45) is 4.99 Å². The molecule has 3 rings (SSSR count). The van der Waals surface area contributed by atoms with Crippen LogP contribution in [0, 0.1) is 0 Å². The summed E-state index contributed by atoms with van der Waals surface area (Å²) >= 11 is 0. The van der Waals surface area contributed by atoms with E-state index in [0.29, 0.717) is 11.4 Å². The number of nitrogens with zero attached hydrogens (tertiary/aromatic N) is 1. The number of hydrogen-bond acceptors (Lipinski definition) is 3. The van der Waals surface area contributed by atoms with Crippen molar-refractivity contribution in [2.75, 3.05) is 5.32 Å². The molecule has 4 heteroatoms. The van der Waals surface area contributed by atoms with Gasteiger partial charge >= 0.3 is 0 Å². The lowest BCUT2D eigenvalue weighted by molar-refractivity contribution is 0.102. The van der Waals surface area contributed by atoms with Crippen LogP contribution in [0.5, 0.6) is 5.75 Å². The Balaban J connectivity index is 2.08. The third-order valence-electron chi connectivity index (χ3n) is 3.43. The maximum Gasteiger partial charge on any atom is 0.259 e. The predicted molar refractivity (Wildman–Crippen MR) is 89.2 cm³/mol. The summed E-state index contributed by atoms with van der Waals surface area (Å²) in [6, 6.07) is 18.1. The predicted octanol–water partition coefficient (Wildman–Crippen LogP) is 4.13. The van der Waals surface area contributed by atoms with Crippen LogP contribution < -0.4 is 5.32 Å². The molecule has 0 bridgehead atoms. The van der Waals surface area contributed by atoms with Crippen LogP contribution in [0.4, 0.5) is 11.4 Å². The molecular formula is C18H14N2O2. The summed E-state index contributed by atoms with van der Waals surface area (Å²) in [5, 5.41) is 14.7. The Labute approximate surface area is 127 Å². The minimum absolute atomic E-state index is 0.165. The molecule has 22 heavy (non-hydrogen) atoms. The second-order valence-electron chi connectivity index (χ2n) is 4.82. The van der Waals surface area contributed by atoms with Crippen molar-refractivity contribution in [3.8, 4) is 5.75 Å². The maximum atomic E-state index is 12.4. The van der Waals surface area contributed by atoms with Crippen LogP contribution in [0.25, 0.3) is 10.8 Å². The number of benzene rings is 3. The molecule has 3 aromatic rings. The molecule has 108 valence electrons. The number of para-hydroxylation sites is 1. The Hall–Kier alpha value is -3.14. The maximum absolute atomic E-state index is 12.4. The summed E-state index contributed by atoms with van der Waals surface area (Å²) in [6.45, 7) is 3.48. The van der Waals surface area contributed by atoms with Crippen LogP contribution in [0.3, 0.4) is 0 Å². The molecule has 0 fully saturated rings. The van der Waals surface area contributed by atoms with Gasteiger partial charge in [0.2, 0.25) is 0 Å². The van der Waals surface area contributed by atoms with Gasteiger partial charge in [-0.05, 0) is 30.3 Å². The Morgan fingerprint density at radius 1 is 1.05 bits per heavy atom. The fourth-order valence-corrected chi connectivity index (χ4v) is 2.37. The van der Waals surface area contributed by atoms with Gasteiger partial charge in [0, 0.05) is 11.1 Å². The molecule has 0 saturated carbocycles. The molecule has 0 aliphatic heterocycles. The minimum atomic E-state index is -0.389. The van der Waals surface area contributed by atoms with Crippen molar-refractivity contribution in [3.63, 3.8) is 0 Å². The van der Waals surface area contributed by atoms with Gasteiger partial charge in [-0.25, -0.2) is 0 Å². The van der Waals surface area contributed by atoms with E-state index < -0.39 is 0 Å². The zero-order chi connectivity index (χ0) is 15.5. The number of hydrogen-bond donors (Lipinski definition) is 2. The molecule has 4 nitrogen and oxygen atoms in total. The molecule has 0 heterocycles. The topological polar surface area (TPSA) is 61.7 Å². The van der Waals surface area contributed by atoms with E-state index in [9.17, 15) is 9.90 Å². The number of fused-ring (bicyclic) bond motifs is 1. The largest absolute Gasteiger partial charge is 0.505 e. The number of carbonyl (C=O) groups excluding carboxylic acids is 1. The van der Waals surface area contributed by atoms with Gasteiger partial charge in [-0.15, -0.1) is 0 Å². The molecule has 0 spiro atoms. The monoisotopic (exact) mass is 290 g/mol. The average Bonchev–Trinajstić information content (AvgIpc) is 2.55. The molecule has 1 amide bonds. The van der Waals surface area contributed by atoms with E-state index in [-0.39, 0.29) is 17.2 Å². The highest BCUT2D eigenvalue weighted by Crippen LogP contribution is 2.38. The average molecular weight is 290 g/mol. The molecular weight excluding hydrogens is 276 g/mol. The molecule has 3 aromatic carbocycles. The Bertz CT molecular complexity index is 858. The fraction of sp³-hybridized carbons (Fsp3) is 0. The molecule has 0 radical (unpaired) electrons. The number of amides is 1. The summed E-state index contributed by atoms with van der Waals surface area (Å²) in [5.41, 5.74) is 1.15. The van der Waals surface area contributed by atoms with Gasteiger partial charge in [-0.2, -0.15) is 0 Å². The quantitative estimate of drug-likeness (QED) is 0.712. The van der Waals surface area contributed by atoms with E-state index in [1.165, 1.54) is 0 Å². The minimum Gasteiger partial charge on any atom is -0.505 e. The second kappa shape index (κ2) is 5.69. The van der Waals surface area contributed by atoms with Crippen molar-refractivity contribution in [2.45, 2.75) is 0 Å². The summed E-state index contributed by atoms with van der Waals surface area (Å²) < 4.78 is 0. The first-order valence-corrected chi connectivity index (χ1v) is 6.78. The highest BCUT2D eigenvalue weighted by Gasteiger charge is 2.17. The van der Waals surface area contributed by atoms with E-state index in [1.807, 2.05) is 42.5 Å². The SMILES string of the molecule is C=Nc1c(O)c(C(=O)Nc2ccccc2)cc2ccccc12. The molecule has 0 aromatic heterocycles. The second-order valence-corrected chi connectivity index (χ2v) is 4.82. The number of rotatable bonds is 3. The van der Waals surface area contributed by atoms with Gasteiger partial charge in [-0.1, -0.05) is 42.5 Å². The smallest absolute Gasteiger partial charge is 0.259 e. The van der Waals surface area contributed by atoms with Gasteiger partial charge in [-0.3, -0.25) is 9.79 Å². The summed E-state index contributed by atoms with van der Waals surface area (Å²) in [6.07, 6.45) is 0. The lowest BCUT2D eigenvalue weighted by Gasteiger charge is -2.11. The summed E-state index contributed by atoms with van der Waals surface area (Å²) in [4.78, 5) is 16.3. The lowest BCUT2D eigenvalue weighted by Crippen LogP contribution is -2.12. The number of aromatic hydroxyl groups is 1. The molecule has 0 aliphatic rings. The number of anilines is 1. The van der Waals surface area contributed by atoms with E-state index in [4.69, 9.17) is 0 Å². The first kappa shape index (κ1) is 13.8. The van der Waals surface area contributed by atoms with Crippen LogP contribution in [0.1, 0.15) is 10.4 Å². The Kier molecular flexibility index (Phi) is 3.58. The standard InChI is InChI=1S/C18H14N2O2/c1-19-16-14-10-6-5-7-12(14)11-15(17(16)21)18(22)20-13-8-3-2-4-9-13/h2-11,21H,1H2,(H,20,22). The van der Waals surface area contributed by atoms with Crippen LogP contribution in [-0.2, 0) is 0 Å². The van der Waals surface area contributed by atoms with Crippen LogP contribution in [-0.4, -0.2) is 17.7 Å². The van der Waals surface area contributed by atoms with Crippen molar-refractivity contribution >= 4 is 34.8 Å². The fourth-order valence-electron chi connectivity index (χ4n) is 2.37. The summed E-state index contributed by atoms with van der Waals surface area (Å²) in [5.74, 6) is -0.554. The Morgan fingerprint density at radius 2 is 1.73 bits per heavy atom. The van der Waals surface area contributed by atoms with Crippen LogP contribution in [0.15, 0.2) is 65.7 Å². The van der Waals surface area contributed by atoms with Gasteiger partial charge < -0.3 is 10.4 Å². The molecule has 0 atom stereocenters. The first-order valence-electron chi connectivity index (χ1n) is 6.78. The van der Waals surface area contributed by atoms with Crippen molar-refractivity contribution in [1.82, 2.24) is 0 Å². The number of nitrogens with one attached hydrogen (secondary N) is 1. The number of phenolic OH excluding ortho intramolecular Hbond substituents is 1. The van der Waals surface area contributed by atoms with E-state index in [0.717, 1.165) is 10.8 Å². The third-order valence-corrected chi connectivity index (χ3v) is 3.43. The van der Waals surface area contributed by atoms with Gasteiger partial charge in [0.15, 0.2) is 5.75 Å². The number of aliphatic imine (C=N–C) groups is 1. The Morgan fingerprint density at radius 3 is 2.45 bits per heavy atom. The van der Waals surface area contributed by atoms with E-state index >= 15 is 0 Å². The van der Waals surface area contributed by atoms with Crippen molar-refractivity contribution in [1.29, 1.82) is 0 Å².